The number of piperazine rings is 1. The number of hydrogen-bond acceptors (Lipinski definition) is 7. The van der Waals surface area contributed by atoms with Crippen LogP contribution >= 0.6 is 12.4 Å². The lowest BCUT2D eigenvalue weighted by atomic mass is 10.2. The van der Waals surface area contributed by atoms with Gasteiger partial charge in [0.2, 0.25) is 0 Å². The second kappa shape index (κ2) is 6.82. The van der Waals surface area contributed by atoms with E-state index >= 15 is 0 Å². The maximum Gasteiger partial charge on any atom is 0.267 e. The molecule has 8 nitrogen and oxygen atoms in total. The first kappa shape index (κ1) is 16.3. The van der Waals surface area contributed by atoms with E-state index in [0.29, 0.717) is 17.3 Å². The number of nitrogens with two attached hydrogens (primary N) is 1. The summed E-state index contributed by atoms with van der Waals surface area (Å²) in [5.74, 6) is 0.453. The summed E-state index contributed by atoms with van der Waals surface area (Å²) < 4.78 is 5.28. The SMILES string of the molecule is CN1CCNCC1c1noc(-c2ccc(C(N)=O)nc2)n1.Cl. The maximum atomic E-state index is 11.0. The second-order valence-electron chi connectivity index (χ2n) is 4.95. The second-order valence-corrected chi connectivity index (χ2v) is 4.95. The molecule has 1 atom stereocenters. The lowest BCUT2D eigenvalue weighted by Gasteiger charge is -2.30. The monoisotopic (exact) mass is 324 g/mol. The van der Waals surface area contributed by atoms with E-state index in [9.17, 15) is 4.79 Å². The number of likely N-dealkylation sites (N-methyl/N-ethyl adjacent to an activating group) is 1. The van der Waals surface area contributed by atoms with Crippen molar-refractivity contribution in [3.8, 4) is 11.5 Å². The Morgan fingerprint density at radius 3 is 2.95 bits per heavy atom. The van der Waals surface area contributed by atoms with Crippen LogP contribution in [0.25, 0.3) is 11.5 Å². The summed E-state index contributed by atoms with van der Waals surface area (Å²) in [7, 11) is 2.03. The normalized spacial score (nSPS) is 18.7. The molecule has 22 heavy (non-hydrogen) atoms. The van der Waals surface area contributed by atoms with Crippen molar-refractivity contribution in [3.05, 3.63) is 29.8 Å². The summed E-state index contributed by atoms with van der Waals surface area (Å²) in [4.78, 5) is 21.6. The summed E-state index contributed by atoms with van der Waals surface area (Å²) in [5, 5.41) is 7.34. The zero-order valence-electron chi connectivity index (χ0n) is 12.0. The largest absolute Gasteiger partial charge is 0.364 e. The molecule has 3 heterocycles. The lowest BCUT2D eigenvalue weighted by molar-refractivity contribution is 0.0995. The topological polar surface area (TPSA) is 110 Å². The quantitative estimate of drug-likeness (QED) is 0.831. The summed E-state index contributed by atoms with van der Waals surface area (Å²) in [6.07, 6.45) is 1.50. The highest BCUT2D eigenvalue weighted by Crippen LogP contribution is 2.22. The Labute approximate surface area is 133 Å². The van der Waals surface area contributed by atoms with Gasteiger partial charge in [0.15, 0.2) is 5.82 Å². The molecule has 0 aliphatic carbocycles. The van der Waals surface area contributed by atoms with Crippen LogP contribution in [0.4, 0.5) is 0 Å². The Kier molecular flexibility index (Phi) is 5.07. The molecular formula is C13H17ClN6O2. The zero-order chi connectivity index (χ0) is 14.8. The minimum atomic E-state index is -0.567. The predicted octanol–water partition coefficient (Wildman–Crippen LogP) is 0.228. The molecule has 0 aromatic carbocycles. The highest BCUT2D eigenvalue weighted by molar-refractivity contribution is 5.90. The molecule has 0 radical (unpaired) electrons. The zero-order valence-corrected chi connectivity index (χ0v) is 12.8. The Hall–Kier alpha value is -2.03. The molecule has 1 saturated heterocycles. The van der Waals surface area contributed by atoms with Gasteiger partial charge in [0.1, 0.15) is 5.69 Å². The van der Waals surface area contributed by atoms with E-state index < -0.39 is 5.91 Å². The van der Waals surface area contributed by atoms with Crippen LogP contribution < -0.4 is 11.1 Å². The first-order chi connectivity index (χ1) is 10.1. The molecule has 3 rings (SSSR count). The van der Waals surface area contributed by atoms with E-state index in [4.69, 9.17) is 10.3 Å². The van der Waals surface area contributed by atoms with Crippen molar-refractivity contribution in [2.45, 2.75) is 6.04 Å². The molecule has 1 fully saturated rings. The van der Waals surface area contributed by atoms with Crippen LogP contribution in [-0.2, 0) is 0 Å². The van der Waals surface area contributed by atoms with Crippen LogP contribution in [-0.4, -0.2) is 52.6 Å². The third-order valence-electron chi connectivity index (χ3n) is 3.51. The van der Waals surface area contributed by atoms with Gasteiger partial charge in [0.25, 0.3) is 11.8 Å². The van der Waals surface area contributed by atoms with E-state index in [1.54, 1.807) is 6.07 Å². The number of rotatable bonds is 3. The van der Waals surface area contributed by atoms with Gasteiger partial charge in [0, 0.05) is 25.8 Å². The Balaban J connectivity index is 0.00000176. The summed E-state index contributed by atoms with van der Waals surface area (Å²) in [6.45, 7) is 2.67. The van der Waals surface area contributed by atoms with Gasteiger partial charge in [-0.2, -0.15) is 4.98 Å². The van der Waals surface area contributed by atoms with Crippen LogP contribution in [0.5, 0.6) is 0 Å². The van der Waals surface area contributed by atoms with Crippen LogP contribution in [0.2, 0.25) is 0 Å². The number of nitrogens with zero attached hydrogens (tertiary/aromatic N) is 4. The fourth-order valence-electron chi connectivity index (χ4n) is 2.25. The van der Waals surface area contributed by atoms with Gasteiger partial charge in [-0.25, -0.2) is 0 Å². The van der Waals surface area contributed by atoms with E-state index in [0.717, 1.165) is 19.6 Å². The van der Waals surface area contributed by atoms with Crippen molar-refractivity contribution < 1.29 is 9.32 Å². The highest BCUT2D eigenvalue weighted by atomic mass is 35.5. The average molecular weight is 325 g/mol. The molecule has 0 saturated carbocycles. The van der Waals surface area contributed by atoms with E-state index in [1.807, 2.05) is 7.05 Å². The van der Waals surface area contributed by atoms with Gasteiger partial charge >= 0.3 is 0 Å². The van der Waals surface area contributed by atoms with Crippen LogP contribution in [0.3, 0.4) is 0 Å². The molecule has 0 bridgehead atoms. The minimum absolute atomic E-state index is 0. The van der Waals surface area contributed by atoms with Gasteiger partial charge < -0.3 is 15.6 Å². The van der Waals surface area contributed by atoms with Crippen LogP contribution in [0, 0.1) is 0 Å². The number of carbonyl (C=O) groups excluding carboxylic acids is 1. The molecule has 0 spiro atoms. The van der Waals surface area contributed by atoms with Crippen molar-refractivity contribution >= 4 is 18.3 Å². The lowest BCUT2D eigenvalue weighted by Crippen LogP contribution is -2.44. The fourth-order valence-corrected chi connectivity index (χ4v) is 2.25. The maximum absolute atomic E-state index is 11.0. The Morgan fingerprint density at radius 1 is 1.50 bits per heavy atom. The van der Waals surface area contributed by atoms with Gasteiger partial charge in [0.05, 0.1) is 11.6 Å². The molecule has 1 aliphatic rings. The van der Waals surface area contributed by atoms with Crippen molar-refractivity contribution in [1.82, 2.24) is 25.3 Å². The molecule has 3 N–H and O–H groups in total. The Morgan fingerprint density at radius 2 is 2.32 bits per heavy atom. The van der Waals surface area contributed by atoms with Gasteiger partial charge in [-0.1, -0.05) is 5.16 Å². The highest BCUT2D eigenvalue weighted by Gasteiger charge is 2.25. The van der Waals surface area contributed by atoms with Crippen LogP contribution in [0.1, 0.15) is 22.4 Å². The average Bonchev–Trinajstić information content (AvgIpc) is 2.97. The minimum Gasteiger partial charge on any atom is -0.364 e. The standard InChI is InChI=1S/C13H16N6O2.ClH/c1-19-5-4-15-7-10(19)12-17-13(21-18-12)8-2-3-9(11(14)20)16-6-8;/h2-3,6,10,15H,4-5,7H2,1H3,(H2,14,20);1H. The summed E-state index contributed by atoms with van der Waals surface area (Å²) in [6, 6.07) is 3.32. The fraction of sp³-hybridized carbons (Fsp3) is 0.385. The third-order valence-corrected chi connectivity index (χ3v) is 3.51. The van der Waals surface area contributed by atoms with Gasteiger partial charge in [-0.05, 0) is 19.2 Å². The van der Waals surface area contributed by atoms with Crippen molar-refractivity contribution in [2.24, 2.45) is 5.73 Å². The number of amides is 1. The molecule has 118 valence electrons. The van der Waals surface area contributed by atoms with Crippen LogP contribution in [0.15, 0.2) is 22.9 Å². The number of primary amides is 1. The van der Waals surface area contributed by atoms with E-state index in [1.165, 1.54) is 12.3 Å². The first-order valence-electron chi connectivity index (χ1n) is 6.66. The number of aromatic nitrogens is 3. The molecule has 1 unspecified atom stereocenters. The third kappa shape index (κ3) is 3.24. The number of carbonyl (C=O) groups is 1. The van der Waals surface area contributed by atoms with Gasteiger partial charge in [-0.15, -0.1) is 12.4 Å². The molecule has 9 heteroatoms. The van der Waals surface area contributed by atoms with Crippen molar-refractivity contribution in [2.75, 3.05) is 26.7 Å². The summed E-state index contributed by atoms with van der Waals surface area (Å²) >= 11 is 0. The molecular weight excluding hydrogens is 308 g/mol. The first-order valence-corrected chi connectivity index (χ1v) is 6.66. The van der Waals surface area contributed by atoms with Crippen molar-refractivity contribution in [1.29, 1.82) is 0 Å². The number of pyridine rings is 1. The summed E-state index contributed by atoms with van der Waals surface area (Å²) in [5.41, 5.74) is 6.02. The van der Waals surface area contributed by atoms with Crippen molar-refractivity contribution in [3.63, 3.8) is 0 Å². The van der Waals surface area contributed by atoms with E-state index in [-0.39, 0.29) is 24.1 Å². The van der Waals surface area contributed by atoms with Gasteiger partial charge in [-0.3, -0.25) is 14.7 Å². The molecule has 2 aromatic heterocycles. The molecule has 1 amide bonds. The number of halogens is 1. The predicted molar refractivity (Wildman–Crippen MR) is 81.5 cm³/mol. The van der Waals surface area contributed by atoms with E-state index in [2.05, 4.69) is 25.3 Å². The Bertz CT molecular complexity index is 644. The number of nitrogens with one attached hydrogen (secondary N) is 1. The smallest absolute Gasteiger partial charge is 0.267 e. The number of hydrogen-bond donors (Lipinski definition) is 2. The molecule has 2 aromatic rings. The molecule has 1 aliphatic heterocycles.